The van der Waals surface area contributed by atoms with E-state index in [1.165, 1.54) is 3.58 Å². The Hall–Kier alpha value is -1.60. The van der Waals surface area contributed by atoms with Gasteiger partial charge < -0.3 is 10.4 Å². The van der Waals surface area contributed by atoms with Crippen LogP contribution in [0.1, 0.15) is 26.3 Å². The Bertz CT molecular complexity index is 802. The Morgan fingerprint density at radius 1 is 1.31 bits per heavy atom. The smallest absolute Gasteiger partial charge is 0.120 e. The van der Waals surface area contributed by atoms with Crippen molar-refractivity contribution in [3.63, 3.8) is 0 Å². The molecule has 0 spiro atoms. The molecule has 2 unspecified atom stereocenters. The van der Waals surface area contributed by atoms with Gasteiger partial charge in [0, 0.05) is 44.7 Å². The number of anilines is 1. The third kappa shape index (κ3) is 4.38. The summed E-state index contributed by atoms with van der Waals surface area (Å²) in [4.78, 5) is 6.80. The zero-order valence-corrected chi connectivity index (χ0v) is 17.9. The Kier molecular flexibility index (Phi) is 5.58. The van der Waals surface area contributed by atoms with Crippen LogP contribution in [-0.2, 0) is 6.54 Å². The Balaban J connectivity index is 1.79. The predicted molar refractivity (Wildman–Crippen MR) is 118 cm³/mol. The minimum absolute atomic E-state index is 0.0435. The second-order valence-electron chi connectivity index (χ2n) is 7.84. The minimum Gasteiger partial charge on any atom is -0.508 e. The van der Waals surface area contributed by atoms with Crippen LogP contribution in [0.4, 0.5) is 5.69 Å². The van der Waals surface area contributed by atoms with Crippen LogP contribution in [0.3, 0.4) is 0 Å². The van der Waals surface area contributed by atoms with Crippen molar-refractivity contribution < 1.29 is 5.11 Å². The second kappa shape index (κ2) is 7.56. The van der Waals surface area contributed by atoms with E-state index in [0.717, 1.165) is 16.9 Å². The van der Waals surface area contributed by atoms with Crippen molar-refractivity contribution in [2.45, 2.75) is 38.9 Å². The van der Waals surface area contributed by atoms with E-state index in [0.29, 0.717) is 12.3 Å². The van der Waals surface area contributed by atoms with Gasteiger partial charge in [0.2, 0.25) is 0 Å². The zero-order valence-electron chi connectivity index (χ0n) is 15.7. The van der Waals surface area contributed by atoms with E-state index in [1.54, 1.807) is 6.07 Å². The first-order chi connectivity index (χ1) is 12.2. The third-order valence-corrected chi connectivity index (χ3v) is 5.67. The van der Waals surface area contributed by atoms with Crippen molar-refractivity contribution >= 4 is 34.5 Å². The van der Waals surface area contributed by atoms with Crippen LogP contribution in [0.5, 0.6) is 5.75 Å². The fourth-order valence-corrected chi connectivity index (χ4v) is 3.54. The Morgan fingerprint density at radius 3 is 2.81 bits per heavy atom. The summed E-state index contributed by atoms with van der Waals surface area (Å²) in [5, 5.41) is 13.8. The van der Waals surface area contributed by atoms with Crippen LogP contribution in [0, 0.1) is 5.92 Å². The van der Waals surface area contributed by atoms with E-state index in [2.05, 4.69) is 83.8 Å². The molecule has 1 aromatic carbocycles. The van der Waals surface area contributed by atoms with E-state index in [1.807, 2.05) is 24.4 Å². The van der Waals surface area contributed by atoms with Gasteiger partial charge in [0.1, 0.15) is 5.75 Å². The van der Waals surface area contributed by atoms with Crippen LogP contribution in [0.25, 0.3) is 0 Å². The number of benzene rings is 1. The number of allylic oxidation sites excluding steroid dienone is 3. The number of rotatable bonds is 4. The van der Waals surface area contributed by atoms with Gasteiger partial charge in [-0.1, -0.05) is 12.2 Å². The number of fused-ring (bicyclic) bond motifs is 1. The van der Waals surface area contributed by atoms with E-state index in [9.17, 15) is 5.11 Å². The number of hydrogen-bond donors (Lipinski definition) is 2. The first kappa shape index (κ1) is 19.2. The molecule has 2 N–H and O–H groups in total. The van der Waals surface area contributed by atoms with E-state index >= 15 is 0 Å². The minimum atomic E-state index is 0.0435. The van der Waals surface area contributed by atoms with Gasteiger partial charge in [-0.3, -0.25) is 9.89 Å². The molecule has 0 saturated carbocycles. The maximum absolute atomic E-state index is 10.3. The average Bonchev–Trinajstić information content (AvgIpc) is 2.57. The lowest BCUT2D eigenvalue weighted by molar-refractivity contribution is 0.166. The van der Waals surface area contributed by atoms with Gasteiger partial charge >= 0.3 is 0 Å². The molecule has 26 heavy (non-hydrogen) atoms. The molecule has 5 heteroatoms. The van der Waals surface area contributed by atoms with Gasteiger partial charge in [-0.25, -0.2) is 0 Å². The molecule has 0 radical (unpaired) electrons. The highest BCUT2D eigenvalue weighted by molar-refractivity contribution is 14.1. The summed E-state index contributed by atoms with van der Waals surface area (Å²) in [6, 6.07) is 5.88. The van der Waals surface area contributed by atoms with E-state index in [-0.39, 0.29) is 17.5 Å². The van der Waals surface area contributed by atoms with Crippen molar-refractivity contribution in [3.8, 4) is 5.75 Å². The number of aromatic hydroxyl groups is 1. The van der Waals surface area contributed by atoms with Gasteiger partial charge in [-0.15, -0.1) is 0 Å². The Labute approximate surface area is 169 Å². The predicted octanol–water partition coefficient (Wildman–Crippen LogP) is 4.88. The molecule has 4 nitrogen and oxygen atoms in total. The van der Waals surface area contributed by atoms with Crippen LogP contribution in [0.2, 0.25) is 0 Å². The summed E-state index contributed by atoms with van der Waals surface area (Å²) < 4.78 is 1.22. The van der Waals surface area contributed by atoms with Crippen LogP contribution in [0.15, 0.2) is 56.8 Å². The fraction of sp³-hybridized carbons (Fsp3) is 0.381. The molecule has 1 aromatic rings. The SMILES string of the molecule is CN(Cc1cc(NC2=CC=NC3C=C(I)C=CC23)ccc1O)C(C)(C)C. The molecule has 0 aromatic heterocycles. The zero-order chi connectivity index (χ0) is 18.9. The molecular formula is C21H26IN3O. The van der Waals surface area contributed by atoms with Gasteiger partial charge in [-0.2, -0.15) is 0 Å². The van der Waals surface area contributed by atoms with Crippen LogP contribution < -0.4 is 5.32 Å². The number of nitrogens with one attached hydrogen (secondary N) is 1. The molecule has 0 bridgehead atoms. The summed E-state index contributed by atoms with van der Waals surface area (Å²) >= 11 is 2.33. The lowest BCUT2D eigenvalue weighted by atomic mass is 9.90. The molecule has 0 saturated heterocycles. The molecule has 138 valence electrons. The summed E-state index contributed by atoms with van der Waals surface area (Å²) in [6.45, 7) is 7.20. The molecule has 1 aliphatic heterocycles. The van der Waals surface area contributed by atoms with Gasteiger partial charge in [-0.05, 0) is 80.8 Å². The van der Waals surface area contributed by atoms with Crippen LogP contribution >= 0.6 is 22.6 Å². The van der Waals surface area contributed by atoms with Crippen molar-refractivity contribution in [2.24, 2.45) is 10.9 Å². The summed E-state index contributed by atoms with van der Waals surface area (Å²) in [5.41, 5.74) is 3.07. The maximum Gasteiger partial charge on any atom is 0.120 e. The second-order valence-corrected chi connectivity index (χ2v) is 9.09. The van der Waals surface area contributed by atoms with E-state index in [4.69, 9.17) is 0 Å². The number of phenols is 1. The van der Waals surface area contributed by atoms with Crippen molar-refractivity contribution in [3.05, 3.63) is 57.3 Å². The third-order valence-electron chi connectivity index (χ3n) is 4.95. The van der Waals surface area contributed by atoms with Gasteiger partial charge in [0.15, 0.2) is 0 Å². The number of dihydropyridines is 1. The maximum atomic E-state index is 10.3. The number of nitrogens with zero attached hydrogens (tertiary/aromatic N) is 2. The molecule has 1 aliphatic carbocycles. The van der Waals surface area contributed by atoms with Crippen molar-refractivity contribution in [1.29, 1.82) is 0 Å². The number of phenolic OH excluding ortho intramolecular Hbond substituents is 1. The first-order valence-electron chi connectivity index (χ1n) is 8.83. The molecule has 2 atom stereocenters. The number of halogens is 1. The highest BCUT2D eigenvalue weighted by Gasteiger charge is 2.25. The van der Waals surface area contributed by atoms with Crippen LogP contribution in [-0.4, -0.2) is 34.8 Å². The topological polar surface area (TPSA) is 47.9 Å². The molecule has 3 rings (SSSR count). The standard InChI is InChI=1S/C21H26IN3O/c1-21(2,3)25(4)13-14-11-16(6-8-20(14)26)24-18-9-10-23-19-12-15(22)5-7-17(18)19/h5-12,17,19,24,26H,13H2,1-4H3. The lowest BCUT2D eigenvalue weighted by Gasteiger charge is -2.32. The van der Waals surface area contributed by atoms with Gasteiger partial charge in [0.25, 0.3) is 0 Å². The molecule has 0 amide bonds. The largest absolute Gasteiger partial charge is 0.508 e. The molecular weight excluding hydrogens is 437 g/mol. The highest BCUT2D eigenvalue weighted by Crippen LogP contribution is 2.32. The molecule has 1 heterocycles. The normalized spacial score (nSPS) is 22.1. The fourth-order valence-electron chi connectivity index (χ4n) is 2.96. The molecule has 2 aliphatic rings. The highest BCUT2D eigenvalue weighted by atomic mass is 127. The Morgan fingerprint density at radius 2 is 2.08 bits per heavy atom. The van der Waals surface area contributed by atoms with Crippen molar-refractivity contribution in [2.75, 3.05) is 12.4 Å². The lowest BCUT2D eigenvalue weighted by Crippen LogP contribution is -2.37. The summed E-state index contributed by atoms with van der Waals surface area (Å²) in [5.74, 6) is 0.562. The first-order valence-corrected chi connectivity index (χ1v) is 9.91. The quantitative estimate of drug-likeness (QED) is 0.495. The summed E-state index contributed by atoms with van der Waals surface area (Å²) in [6.07, 6.45) is 10.4. The average molecular weight is 463 g/mol. The number of aliphatic imine (C=N–C) groups is 1. The van der Waals surface area contributed by atoms with Gasteiger partial charge in [0.05, 0.1) is 6.04 Å². The summed E-state index contributed by atoms with van der Waals surface area (Å²) in [7, 11) is 2.07. The number of hydrogen-bond acceptors (Lipinski definition) is 4. The molecule has 0 fully saturated rings. The van der Waals surface area contributed by atoms with Crippen molar-refractivity contribution in [1.82, 2.24) is 4.90 Å². The van der Waals surface area contributed by atoms with E-state index < -0.39 is 0 Å². The monoisotopic (exact) mass is 463 g/mol.